The average molecular weight is 588 g/mol. The third-order valence-corrected chi connectivity index (χ3v) is 7.50. The van der Waals surface area contributed by atoms with Crippen LogP contribution in [-0.4, -0.2) is 18.3 Å². The molecule has 204 valence electrons. The fourth-order valence-corrected chi connectivity index (χ4v) is 5.58. The molecular weight excluding hydrogens is 567 g/mol. The molecule has 1 aromatic heterocycles. The Morgan fingerprint density at radius 1 is 1.10 bits per heavy atom. The van der Waals surface area contributed by atoms with E-state index in [2.05, 4.69) is 11.1 Å². The smallest absolute Gasteiger partial charge is 0.338 e. The first kappa shape index (κ1) is 29.0. The van der Waals surface area contributed by atoms with Gasteiger partial charge in [-0.1, -0.05) is 53.7 Å². The fourth-order valence-electron chi connectivity index (χ4n) is 4.37. The summed E-state index contributed by atoms with van der Waals surface area (Å²) in [5.74, 6) is -2.40. The Kier molecular flexibility index (Phi) is 8.79. The maximum atomic E-state index is 13.6. The summed E-state index contributed by atoms with van der Waals surface area (Å²) < 4.78 is 24.7. The van der Waals surface area contributed by atoms with E-state index in [-0.39, 0.29) is 62.7 Å². The van der Waals surface area contributed by atoms with E-state index in [1.807, 2.05) is 12.1 Å². The molecule has 1 aliphatic heterocycles. The summed E-state index contributed by atoms with van der Waals surface area (Å²) in [6.45, 7) is 1.69. The molecular formula is C29H21ClFN6O3S+. The number of nitrogens with two attached hydrogens (primary N) is 2. The number of ether oxygens (including phenoxy) is 2. The molecule has 2 heterocycles. The van der Waals surface area contributed by atoms with Crippen molar-refractivity contribution in [3.05, 3.63) is 98.8 Å². The van der Waals surface area contributed by atoms with Crippen molar-refractivity contribution < 1.29 is 23.6 Å². The van der Waals surface area contributed by atoms with Crippen molar-refractivity contribution in [2.75, 3.05) is 18.1 Å². The zero-order chi connectivity index (χ0) is 29.7. The Balaban J connectivity index is 1.86. The van der Waals surface area contributed by atoms with Crippen molar-refractivity contribution in [3.8, 4) is 29.3 Å². The van der Waals surface area contributed by atoms with Gasteiger partial charge in [-0.3, -0.25) is 5.73 Å². The van der Waals surface area contributed by atoms with Crippen LogP contribution in [0.15, 0.2) is 76.3 Å². The van der Waals surface area contributed by atoms with Crippen LogP contribution in [0, 0.1) is 39.8 Å². The molecule has 9 nitrogen and oxygen atoms in total. The number of aromatic nitrogens is 1. The lowest BCUT2D eigenvalue weighted by atomic mass is 9.83. The molecule has 4 rings (SSSR count). The zero-order valence-corrected chi connectivity index (χ0v) is 23.1. The van der Waals surface area contributed by atoms with Gasteiger partial charge in [-0.2, -0.15) is 15.8 Å². The summed E-state index contributed by atoms with van der Waals surface area (Å²) in [7, 11) is 0. The minimum Gasteiger partial charge on any atom is -0.463 e. The van der Waals surface area contributed by atoms with Gasteiger partial charge >= 0.3 is 5.97 Å². The number of H-pyrrole nitrogens is 1. The van der Waals surface area contributed by atoms with E-state index >= 15 is 0 Å². The molecule has 0 aliphatic carbocycles. The number of nitrogens with zero attached hydrogens (tertiary/aromatic N) is 3. The molecule has 0 spiro atoms. The van der Waals surface area contributed by atoms with Gasteiger partial charge in [-0.25, -0.2) is 14.2 Å². The normalized spacial score (nSPS) is 14.5. The van der Waals surface area contributed by atoms with Gasteiger partial charge in [0.05, 0.1) is 23.9 Å². The minimum atomic E-state index is -0.975. The predicted molar refractivity (Wildman–Crippen MR) is 149 cm³/mol. The highest BCUT2D eigenvalue weighted by Crippen LogP contribution is 2.43. The summed E-state index contributed by atoms with van der Waals surface area (Å²) in [5.41, 5.74) is 13.5. The Labute approximate surface area is 244 Å². The highest BCUT2D eigenvalue weighted by Gasteiger charge is 2.39. The Morgan fingerprint density at radius 2 is 1.78 bits per heavy atom. The summed E-state index contributed by atoms with van der Waals surface area (Å²) in [4.78, 5) is 16.1. The maximum absolute atomic E-state index is 13.6. The number of nitrogens with one attached hydrogen (secondary N) is 1. The van der Waals surface area contributed by atoms with Gasteiger partial charge in [0.15, 0.2) is 5.03 Å². The number of anilines is 1. The monoisotopic (exact) mass is 587 g/mol. The second-order valence-electron chi connectivity index (χ2n) is 8.52. The molecule has 0 radical (unpaired) electrons. The standard InChI is InChI=1S/C29H20ClFN6O3S/c1-2-39-29(38)25-22(40-27(36)19(12-33)24(25)17-5-3-4-6-21(17)30)14-41-28-20(13-34)23(18(11-32)26(35)37-28)15-7-9-16(31)10-8-15/h3-10,24H,2,14,36H2,1H3,(H2,35,37)/p+1/t24-/m1/s1. The van der Waals surface area contributed by atoms with E-state index < -0.39 is 17.7 Å². The predicted octanol–water partition coefficient (Wildman–Crippen LogP) is 4.70. The van der Waals surface area contributed by atoms with Crippen molar-refractivity contribution in [2.24, 2.45) is 5.73 Å². The highest BCUT2D eigenvalue weighted by molar-refractivity contribution is 7.99. The van der Waals surface area contributed by atoms with E-state index in [1.54, 1.807) is 31.2 Å². The van der Waals surface area contributed by atoms with Crippen molar-refractivity contribution in [1.82, 2.24) is 0 Å². The lowest BCUT2D eigenvalue weighted by molar-refractivity contribution is -0.410. The number of thioether (sulfide) groups is 1. The van der Waals surface area contributed by atoms with E-state index in [9.17, 15) is 25.0 Å². The van der Waals surface area contributed by atoms with Crippen LogP contribution < -0.4 is 16.5 Å². The topological polar surface area (TPSA) is 173 Å². The van der Waals surface area contributed by atoms with Crippen LogP contribution in [0.5, 0.6) is 0 Å². The van der Waals surface area contributed by atoms with Gasteiger partial charge in [0.2, 0.25) is 5.88 Å². The quantitative estimate of drug-likeness (QED) is 0.293. The van der Waals surface area contributed by atoms with Gasteiger partial charge < -0.3 is 15.2 Å². The second-order valence-corrected chi connectivity index (χ2v) is 9.91. The first-order chi connectivity index (χ1) is 19.7. The third-order valence-electron chi connectivity index (χ3n) is 6.16. The van der Waals surface area contributed by atoms with E-state index in [0.29, 0.717) is 16.1 Å². The molecule has 2 aromatic carbocycles. The number of aromatic amines is 1. The molecule has 5 N–H and O–H groups in total. The molecule has 1 atom stereocenters. The number of allylic oxidation sites excluding steroid dienone is 1. The second kappa shape index (κ2) is 12.4. The number of hydrogen-bond donors (Lipinski definition) is 2. The molecule has 0 saturated carbocycles. The van der Waals surface area contributed by atoms with Crippen LogP contribution in [0.25, 0.3) is 11.1 Å². The van der Waals surface area contributed by atoms with Crippen molar-refractivity contribution in [1.29, 1.82) is 15.8 Å². The Bertz CT molecular complexity index is 1740. The zero-order valence-electron chi connectivity index (χ0n) is 21.5. The number of halogens is 2. The molecule has 0 fully saturated rings. The average Bonchev–Trinajstić information content (AvgIpc) is 2.96. The first-order valence-corrected chi connectivity index (χ1v) is 13.4. The van der Waals surface area contributed by atoms with Crippen LogP contribution in [0.2, 0.25) is 5.02 Å². The molecule has 0 saturated heterocycles. The molecule has 1 aliphatic rings. The van der Waals surface area contributed by atoms with E-state index in [0.717, 1.165) is 11.8 Å². The summed E-state index contributed by atoms with van der Waals surface area (Å²) in [5, 5.41) is 30.3. The van der Waals surface area contributed by atoms with Gasteiger partial charge in [0.1, 0.15) is 46.5 Å². The lowest BCUT2D eigenvalue weighted by Crippen LogP contribution is -2.27. The number of carbonyl (C=O) groups excluding carboxylic acids is 1. The number of carbonyl (C=O) groups is 1. The van der Waals surface area contributed by atoms with Crippen molar-refractivity contribution >= 4 is 35.1 Å². The Morgan fingerprint density at radius 3 is 2.39 bits per heavy atom. The Hall–Kier alpha value is -5.02. The van der Waals surface area contributed by atoms with Gasteiger partial charge in [0.25, 0.3) is 5.82 Å². The van der Waals surface area contributed by atoms with Crippen molar-refractivity contribution in [3.63, 3.8) is 0 Å². The molecule has 41 heavy (non-hydrogen) atoms. The van der Waals surface area contributed by atoms with Crippen LogP contribution >= 0.6 is 23.4 Å². The van der Waals surface area contributed by atoms with Crippen LogP contribution in [0.1, 0.15) is 29.5 Å². The molecule has 0 unspecified atom stereocenters. The van der Waals surface area contributed by atoms with Gasteiger partial charge in [-0.15, -0.1) is 0 Å². The third kappa shape index (κ3) is 5.66. The lowest BCUT2D eigenvalue weighted by Gasteiger charge is -2.28. The minimum absolute atomic E-state index is 0.0135. The number of pyridine rings is 1. The van der Waals surface area contributed by atoms with Crippen LogP contribution in [0.4, 0.5) is 10.2 Å². The van der Waals surface area contributed by atoms with E-state index in [1.165, 1.54) is 24.3 Å². The van der Waals surface area contributed by atoms with Crippen LogP contribution in [-0.2, 0) is 14.3 Å². The fraction of sp³-hybridized carbons (Fsp3) is 0.138. The number of esters is 1. The van der Waals surface area contributed by atoms with Crippen molar-refractivity contribution in [2.45, 2.75) is 17.9 Å². The van der Waals surface area contributed by atoms with Gasteiger partial charge in [-0.05, 0) is 36.2 Å². The SMILES string of the molecule is CCOC(=O)C1=C(CSc2[nH+]c(N)c(C#N)c(-c3ccc(F)cc3)c2C#N)OC(N)=C(C#N)[C@H]1c1ccccc1Cl. The molecule has 3 aromatic rings. The number of hydrogen-bond acceptors (Lipinski definition) is 9. The largest absolute Gasteiger partial charge is 0.463 e. The van der Waals surface area contributed by atoms with Crippen LogP contribution in [0.3, 0.4) is 0 Å². The number of rotatable bonds is 7. The summed E-state index contributed by atoms with van der Waals surface area (Å²) in [6.07, 6.45) is 0. The molecule has 12 heteroatoms. The number of benzene rings is 2. The summed E-state index contributed by atoms with van der Waals surface area (Å²) >= 11 is 7.52. The molecule has 0 bridgehead atoms. The summed E-state index contributed by atoms with van der Waals surface area (Å²) in [6, 6.07) is 18.1. The number of nitriles is 3. The first-order valence-electron chi connectivity index (χ1n) is 12.0. The van der Waals surface area contributed by atoms with Gasteiger partial charge in [0, 0.05) is 10.6 Å². The van der Waals surface area contributed by atoms with E-state index in [4.69, 9.17) is 32.5 Å². The number of nitrogen functional groups attached to an aromatic ring is 1. The molecule has 0 amide bonds. The highest BCUT2D eigenvalue weighted by atomic mass is 35.5. The maximum Gasteiger partial charge on any atom is 0.338 e.